The molecule has 1 heterocycles. The number of aromatic amines is 1. The topological polar surface area (TPSA) is 136 Å². The number of hydrogen-bond donors (Lipinski definition) is 4. The summed E-state index contributed by atoms with van der Waals surface area (Å²) in [7, 11) is 0. The zero-order chi connectivity index (χ0) is 24.0. The Hall–Kier alpha value is -3.79. The minimum absolute atomic E-state index is 0.191. The fourth-order valence-corrected chi connectivity index (χ4v) is 3.64. The van der Waals surface area contributed by atoms with Crippen molar-refractivity contribution in [2.24, 2.45) is 0 Å². The molecule has 4 N–H and O–H groups in total. The molecule has 0 aliphatic heterocycles. The molecule has 0 aliphatic rings. The van der Waals surface area contributed by atoms with Crippen molar-refractivity contribution in [3.63, 3.8) is 0 Å². The molecule has 0 aliphatic carbocycles. The first-order valence-electron chi connectivity index (χ1n) is 10.3. The smallest absolute Gasteiger partial charge is 0.326 e. The van der Waals surface area contributed by atoms with E-state index in [2.05, 4.69) is 20.2 Å². The van der Waals surface area contributed by atoms with Gasteiger partial charge in [0.05, 0.1) is 6.33 Å². The van der Waals surface area contributed by atoms with Crippen LogP contribution < -0.4 is 10.2 Å². The van der Waals surface area contributed by atoms with E-state index in [1.165, 1.54) is 0 Å². The van der Waals surface area contributed by atoms with E-state index in [4.69, 9.17) is 17.3 Å². The van der Waals surface area contributed by atoms with Crippen LogP contribution in [0.25, 0.3) is 10.9 Å². The second-order valence-corrected chi connectivity index (χ2v) is 7.83. The molecule has 0 fully saturated rings. The van der Waals surface area contributed by atoms with Gasteiger partial charge < -0.3 is 25.4 Å². The molecule has 0 bridgehead atoms. The van der Waals surface area contributed by atoms with Crippen molar-refractivity contribution in [2.45, 2.75) is 32.4 Å². The minimum Gasteiger partial charge on any atom is -0.481 e. The highest BCUT2D eigenvalue weighted by Crippen LogP contribution is 2.21. The second kappa shape index (κ2) is 10.7. The van der Waals surface area contributed by atoms with Gasteiger partial charge in [0.1, 0.15) is 10.7 Å². The predicted octanol–water partition coefficient (Wildman–Crippen LogP) is 3.37. The standard InChI is InChI=1S/C23H24N4O5S/c1-2-27(12-14-3-8-18-17(11-14)22(33)25-13-24-18)16-6-4-15(5-7-16)21(30)26-19(23(31)32)9-10-20(28)29/h3-8,11,13,19H,2,9-10,12H2,1H3,(H,26,30)(H,28,29)(H,31,32)(H,24,25,33). The van der Waals surface area contributed by atoms with Gasteiger partial charge in [-0.15, -0.1) is 0 Å². The Morgan fingerprint density at radius 3 is 2.52 bits per heavy atom. The molecule has 1 amide bonds. The summed E-state index contributed by atoms with van der Waals surface area (Å²) in [4.78, 5) is 43.8. The van der Waals surface area contributed by atoms with Crippen LogP contribution in [0.4, 0.5) is 5.69 Å². The Labute approximate surface area is 195 Å². The third-order valence-corrected chi connectivity index (χ3v) is 5.54. The molecular weight excluding hydrogens is 444 g/mol. The van der Waals surface area contributed by atoms with Gasteiger partial charge in [-0.05, 0) is 55.3 Å². The van der Waals surface area contributed by atoms with Crippen molar-refractivity contribution in [1.29, 1.82) is 0 Å². The summed E-state index contributed by atoms with van der Waals surface area (Å²) in [6, 6.07) is 11.5. The van der Waals surface area contributed by atoms with E-state index in [0.29, 0.717) is 16.7 Å². The van der Waals surface area contributed by atoms with Crippen LogP contribution in [-0.4, -0.2) is 50.6 Å². The maximum Gasteiger partial charge on any atom is 0.326 e. The van der Waals surface area contributed by atoms with Crippen molar-refractivity contribution in [2.75, 3.05) is 11.4 Å². The normalized spacial score (nSPS) is 11.7. The van der Waals surface area contributed by atoms with Crippen LogP contribution in [-0.2, 0) is 16.1 Å². The van der Waals surface area contributed by atoms with Crippen LogP contribution in [0.15, 0.2) is 48.8 Å². The van der Waals surface area contributed by atoms with Crippen molar-refractivity contribution >= 4 is 46.7 Å². The number of benzene rings is 2. The molecule has 0 saturated carbocycles. The lowest BCUT2D eigenvalue weighted by atomic mass is 10.1. The summed E-state index contributed by atoms with van der Waals surface area (Å²) in [5.74, 6) is -2.97. The SMILES string of the molecule is CCN(Cc1ccc2[nH]cnc(=S)c2c1)c1ccc(C(=O)NC(CCC(=O)O)C(=O)O)cc1. The highest BCUT2D eigenvalue weighted by atomic mass is 32.1. The minimum atomic E-state index is -1.27. The molecule has 1 aromatic heterocycles. The molecular formula is C23H24N4O5S. The summed E-state index contributed by atoms with van der Waals surface area (Å²) in [5, 5.41) is 21.2. The number of nitrogens with zero attached hydrogens (tertiary/aromatic N) is 2. The molecule has 3 aromatic rings. The number of hydrogen-bond acceptors (Lipinski definition) is 6. The molecule has 0 saturated heterocycles. The van der Waals surface area contributed by atoms with E-state index in [-0.39, 0.29) is 12.8 Å². The molecule has 0 radical (unpaired) electrons. The number of aromatic nitrogens is 2. The van der Waals surface area contributed by atoms with Crippen molar-refractivity contribution < 1.29 is 24.6 Å². The molecule has 1 unspecified atom stereocenters. The van der Waals surface area contributed by atoms with E-state index < -0.39 is 23.9 Å². The van der Waals surface area contributed by atoms with Crippen LogP contribution in [0.3, 0.4) is 0 Å². The number of carbonyl (C=O) groups is 3. The molecule has 33 heavy (non-hydrogen) atoms. The first-order valence-corrected chi connectivity index (χ1v) is 10.8. The average molecular weight is 469 g/mol. The Morgan fingerprint density at radius 2 is 1.88 bits per heavy atom. The number of carboxylic acids is 2. The summed E-state index contributed by atoms with van der Waals surface area (Å²) in [5.41, 5.74) is 3.16. The fraction of sp³-hybridized carbons (Fsp3) is 0.261. The molecule has 2 aromatic carbocycles. The zero-order valence-electron chi connectivity index (χ0n) is 17.9. The lowest BCUT2D eigenvalue weighted by Crippen LogP contribution is -2.41. The molecule has 10 heteroatoms. The molecule has 172 valence electrons. The van der Waals surface area contributed by atoms with Crippen LogP contribution >= 0.6 is 12.2 Å². The van der Waals surface area contributed by atoms with Crippen LogP contribution in [0, 0.1) is 4.64 Å². The van der Waals surface area contributed by atoms with Crippen molar-refractivity contribution in [3.05, 3.63) is 64.6 Å². The van der Waals surface area contributed by atoms with Gasteiger partial charge >= 0.3 is 11.9 Å². The van der Waals surface area contributed by atoms with Gasteiger partial charge in [0.15, 0.2) is 0 Å². The van der Waals surface area contributed by atoms with Gasteiger partial charge in [-0.1, -0.05) is 18.3 Å². The summed E-state index contributed by atoms with van der Waals surface area (Å²) in [6.07, 6.45) is 1.03. The van der Waals surface area contributed by atoms with Gasteiger partial charge in [0.25, 0.3) is 5.91 Å². The van der Waals surface area contributed by atoms with Gasteiger partial charge in [0, 0.05) is 41.7 Å². The first-order chi connectivity index (χ1) is 15.8. The number of carbonyl (C=O) groups excluding carboxylic acids is 1. The van der Waals surface area contributed by atoms with E-state index in [0.717, 1.165) is 28.7 Å². The van der Waals surface area contributed by atoms with Crippen LogP contribution in [0.2, 0.25) is 0 Å². The fourth-order valence-electron chi connectivity index (χ4n) is 3.42. The van der Waals surface area contributed by atoms with E-state index in [1.807, 2.05) is 25.1 Å². The number of aliphatic carboxylic acids is 2. The Bertz CT molecular complexity index is 1230. The number of carboxylic acid groups (broad SMARTS) is 2. The van der Waals surface area contributed by atoms with Gasteiger partial charge in [-0.25, -0.2) is 9.78 Å². The first kappa shape index (κ1) is 23.9. The van der Waals surface area contributed by atoms with Crippen molar-refractivity contribution in [1.82, 2.24) is 15.3 Å². The summed E-state index contributed by atoms with van der Waals surface area (Å²) in [6.45, 7) is 3.37. The van der Waals surface area contributed by atoms with E-state index in [1.54, 1.807) is 30.6 Å². The largest absolute Gasteiger partial charge is 0.481 e. The van der Waals surface area contributed by atoms with Gasteiger partial charge in [0.2, 0.25) is 0 Å². The maximum atomic E-state index is 12.4. The number of rotatable bonds is 10. The molecule has 3 rings (SSSR count). The maximum absolute atomic E-state index is 12.4. The highest BCUT2D eigenvalue weighted by molar-refractivity contribution is 7.71. The Balaban J connectivity index is 1.71. The lowest BCUT2D eigenvalue weighted by molar-refractivity contribution is -0.140. The Kier molecular flexibility index (Phi) is 7.73. The average Bonchev–Trinajstić information content (AvgIpc) is 2.80. The number of fused-ring (bicyclic) bond motifs is 1. The summed E-state index contributed by atoms with van der Waals surface area (Å²) >= 11 is 5.31. The Morgan fingerprint density at radius 1 is 1.15 bits per heavy atom. The van der Waals surface area contributed by atoms with Crippen LogP contribution in [0.1, 0.15) is 35.7 Å². The number of nitrogens with one attached hydrogen (secondary N) is 2. The van der Waals surface area contributed by atoms with Crippen LogP contribution in [0.5, 0.6) is 0 Å². The van der Waals surface area contributed by atoms with Gasteiger partial charge in [-0.3, -0.25) is 9.59 Å². The second-order valence-electron chi connectivity index (χ2n) is 7.45. The highest BCUT2D eigenvalue weighted by Gasteiger charge is 2.21. The quantitative estimate of drug-likeness (QED) is 0.333. The molecule has 1 atom stereocenters. The number of H-pyrrole nitrogens is 1. The monoisotopic (exact) mass is 468 g/mol. The molecule has 9 nitrogen and oxygen atoms in total. The van der Waals surface area contributed by atoms with Crippen molar-refractivity contribution in [3.8, 4) is 0 Å². The lowest BCUT2D eigenvalue weighted by Gasteiger charge is -2.24. The third kappa shape index (κ3) is 6.13. The summed E-state index contributed by atoms with van der Waals surface area (Å²) < 4.78 is 0.534. The van der Waals surface area contributed by atoms with Gasteiger partial charge in [-0.2, -0.15) is 0 Å². The number of anilines is 1. The number of amides is 1. The molecule has 0 spiro atoms. The van der Waals surface area contributed by atoms with E-state index in [9.17, 15) is 19.5 Å². The van der Waals surface area contributed by atoms with E-state index >= 15 is 0 Å². The predicted molar refractivity (Wildman–Crippen MR) is 126 cm³/mol. The third-order valence-electron chi connectivity index (χ3n) is 5.22. The zero-order valence-corrected chi connectivity index (χ0v) is 18.8.